The van der Waals surface area contributed by atoms with Crippen LogP contribution in [0.3, 0.4) is 0 Å². The zero-order valence-corrected chi connectivity index (χ0v) is 20.8. The molecule has 0 radical (unpaired) electrons. The van der Waals surface area contributed by atoms with Crippen molar-refractivity contribution >= 4 is 41.1 Å². The van der Waals surface area contributed by atoms with Gasteiger partial charge in [0.1, 0.15) is 17.0 Å². The highest BCUT2D eigenvalue weighted by Gasteiger charge is 2.61. The Morgan fingerprint density at radius 1 is 0.857 bits per heavy atom. The molecule has 7 heteroatoms. The zero-order chi connectivity index (χ0) is 24.4. The molecule has 1 aliphatic carbocycles. The summed E-state index contributed by atoms with van der Waals surface area (Å²) in [5.74, 6) is 0.301. The summed E-state index contributed by atoms with van der Waals surface area (Å²) in [6.45, 7) is 0. The summed E-state index contributed by atoms with van der Waals surface area (Å²) in [5.41, 5.74) is 2.04. The molecule has 0 saturated heterocycles. The van der Waals surface area contributed by atoms with Gasteiger partial charge in [0, 0.05) is 20.9 Å². The van der Waals surface area contributed by atoms with Gasteiger partial charge in [-0.25, -0.2) is 4.72 Å². The minimum absolute atomic E-state index is 0.158. The predicted molar refractivity (Wildman–Crippen MR) is 142 cm³/mol. The highest BCUT2D eigenvalue weighted by molar-refractivity contribution is 7.97. The average Bonchev–Trinajstić information content (AvgIpc) is 3.62. The van der Waals surface area contributed by atoms with E-state index in [1.54, 1.807) is 24.3 Å². The van der Waals surface area contributed by atoms with Crippen molar-refractivity contribution in [2.45, 2.75) is 22.8 Å². The van der Waals surface area contributed by atoms with Crippen LogP contribution >= 0.6 is 35.1 Å². The molecule has 0 amide bonds. The SMILES string of the molecule is O=C(O)C1(NSc2ccc(-c3ccc(Cl)cc3)cc2)CC1c1cccc(Oc2ccc(Cl)cc2)c1. The Bertz CT molecular complexity index is 1340. The fraction of sp³-hybridized carbons (Fsp3) is 0.107. The summed E-state index contributed by atoms with van der Waals surface area (Å²) < 4.78 is 9.15. The summed E-state index contributed by atoms with van der Waals surface area (Å²) in [4.78, 5) is 13.2. The standard InChI is InChI=1S/C28H21Cl2NO3S/c29-21-8-4-18(5-9-21)19-6-14-25(15-7-19)35-31-28(27(32)33)17-26(28)20-2-1-3-24(16-20)34-23-12-10-22(30)11-13-23/h1-16,26,31H,17H2,(H,32,33). The van der Waals surface area contributed by atoms with Crippen molar-refractivity contribution < 1.29 is 14.6 Å². The van der Waals surface area contributed by atoms with Crippen LogP contribution in [0.25, 0.3) is 11.1 Å². The smallest absolute Gasteiger partial charge is 0.325 e. The largest absolute Gasteiger partial charge is 0.480 e. The number of carbonyl (C=O) groups is 1. The molecule has 4 aromatic rings. The van der Waals surface area contributed by atoms with Crippen molar-refractivity contribution in [2.24, 2.45) is 0 Å². The van der Waals surface area contributed by atoms with E-state index in [0.29, 0.717) is 28.0 Å². The molecule has 1 saturated carbocycles. The highest BCUT2D eigenvalue weighted by atomic mass is 35.5. The predicted octanol–water partition coefficient (Wildman–Crippen LogP) is 8.06. The maximum Gasteiger partial charge on any atom is 0.325 e. The molecule has 0 spiro atoms. The van der Waals surface area contributed by atoms with Gasteiger partial charge in [-0.1, -0.05) is 59.6 Å². The highest BCUT2D eigenvalue weighted by Crippen LogP contribution is 2.53. The molecule has 2 unspecified atom stereocenters. The van der Waals surface area contributed by atoms with Crippen LogP contribution in [-0.2, 0) is 4.79 Å². The molecule has 35 heavy (non-hydrogen) atoms. The van der Waals surface area contributed by atoms with Gasteiger partial charge in [-0.05, 0) is 95.7 Å². The Hall–Kier alpha value is -2.96. The van der Waals surface area contributed by atoms with Crippen LogP contribution in [0.1, 0.15) is 17.9 Å². The Morgan fingerprint density at radius 3 is 2.09 bits per heavy atom. The second-order valence-corrected chi connectivity index (χ2v) is 10.1. The number of aliphatic carboxylic acids is 1. The van der Waals surface area contributed by atoms with Crippen LogP contribution in [0.5, 0.6) is 11.5 Å². The summed E-state index contributed by atoms with van der Waals surface area (Å²) >= 11 is 13.3. The second kappa shape index (κ2) is 9.96. The number of nitrogens with one attached hydrogen (secondary N) is 1. The summed E-state index contributed by atoms with van der Waals surface area (Å²) in [6.07, 6.45) is 0.503. The van der Waals surface area contributed by atoms with Gasteiger partial charge < -0.3 is 9.84 Å². The van der Waals surface area contributed by atoms with E-state index in [2.05, 4.69) is 4.72 Å². The Morgan fingerprint density at radius 2 is 1.46 bits per heavy atom. The number of ether oxygens (including phenoxy) is 1. The molecule has 2 atom stereocenters. The maximum atomic E-state index is 12.2. The third-order valence-corrected chi connectivity index (χ3v) is 7.51. The number of rotatable bonds is 8. The van der Waals surface area contributed by atoms with Crippen molar-refractivity contribution in [2.75, 3.05) is 0 Å². The average molecular weight is 522 g/mol. The lowest BCUT2D eigenvalue weighted by Crippen LogP contribution is -2.36. The molecule has 176 valence electrons. The number of halogens is 2. The molecule has 1 fully saturated rings. The van der Waals surface area contributed by atoms with E-state index < -0.39 is 11.5 Å². The quantitative estimate of drug-likeness (QED) is 0.229. The van der Waals surface area contributed by atoms with Crippen LogP contribution in [-0.4, -0.2) is 16.6 Å². The topological polar surface area (TPSA) is 58.6 Å². The van der Waals surface area contributed by atoms with Gasteiger partial charge in [0.2, 0.25) is 0 Å². The van der Waals surface area contributed by atoms with Crippen molar-refractivity contribution in [1.29, 1.82) is 0 Å². The molecule has 0 aromatic heterocycles. The Labute approximate surface area is 218 Å². The van der Waals surface area contributed by atoms with Gasteiger partial charge >= 0.3 is 5.97 Å². The summed E-state index contributed by atoms with van der Waals surface area (Å²) in [6, 6.07) is 30.4. The molecule has 1 aliphatic rings. The molecular formula is C28H21Cl2NO3S. The van der Waals surface area contributed by atoms with Crippen molar-refractivity contribution in [3.8, 4) is 22.6 Å². The second-order valence-electron chi connectivity index (χ2n) is 8.40. The maximum absolute atomic E-state index is 12.2. The van der Waals surface area contributed by atoms with E-state index in [9.17, 15) is 9.90 Å². The zero-order valence-electron chi connectivity index (χ0n) is 18.4. The van der Waals surface area contributed by atoms with Gasteiger partial charge in [-0.15, -0.1) is 0 Å². The van der Waals surface area contributed by atoms with E-state index in [0.717, 1.165) is 21.6 Å². The van der Waals surface area contributed by atoms with Crippen molar-refractivity contribution in [3.05, 3.63) is 113 Å². The molecule has 5 rings (SSSR count). The van der Waals surface area contributed by atoms with Crippen molar-refractivity contribution in [3.63, 3.8) is 0 Å². The van der Waals surface area contributed by atoms with Crippen molar-refractivity contribution in [1.82, 2.24) is 4.72 Å². The van der Waals surface area contributed by atoms with Crippen LogP contribution in [0.15, 0.2) is 102 Å². The van der Waals surface area contributed by atoms with Crippen LogP contribution in [0.4, 0.5) is 0 Å². The van der Waals surface area contributed by atoms with E-state index in [1.165, 1.54) is 11.9 Å². The lowest BCUT2D eigenvalue weighted by Gasteiger charge is -2.15. The molecule has 4 aromatic carbocycles. The Balaban J connectivity index is 1.26. The van der Waals surface area contributed by atoms with Gasteiger partial charge in [0.25, 0.3) is 0 Å². The summed E-state index contributed by atoms with van der Waals surface area (Å²) in [5, 5.41) is 11.4. The monoisotopic (exact) mass is 521 g/mol. The summed E-state index contributed by atoms with van der Waals surface area (Å²) in [7, 11) is 0. The first-order chi connectivity index (χ1) is 16.9. The minimum Gasteiger partial charge on any atom is -0.480 e. The van der Waals surface area contributed by atoms with Gasteiger partial charge in [-0.3, -0.25) is 4.79 Å². The molecule has 0 aliphatic heterocycles. The van der Waals surface area contributed by atoms with E-state index >= 15 is 0 Å². The third kappa shape index (κ3) is 5.34. The van der Waals surface area contributed by atoms with Crippen LogP contribution < -0.4 is 9.46 Å². The fourth-order valence-corrected chi connectivity index (χ4v) is 5.14. The number of benzene rings is 4. The van der Waals surface area contributed by atoms with Crippen LogP contribution in [0, 0.1) is 0 Å². The fourth-order valence-electron chi connectivity index (χ4n) is 4.00. The third-order valence-electron chi connectivity index (χ3n) is 6.04. The first-order valence-electron chi connectivity index (χ1n) is 11.0. The molecule has 4 nitrogen and oxygen atoms in total. The van der Waals surface area contributed by atoms with E-state index in [1.807, 2.05) is 72.8 Å². The lowest BCUT2D eigenvalue weighted by molar-refractivity contribution is -0.140. The van der Waals surface area contributed by atoms with E-state index in [4.69, 9.17) is 27.9 Å². The lowest BCUT2D eigenvalue weighted by atomic mass is 10.1. The number of carboxylic acids is 1. The first-order valence-corrected chi connectivity index (χ1v) is 12.6. The van der Waals surface area contributed by atoms with Gasteiger partial charge in [0.15, 0.2) is 0 Å². The molecular weight excluding hydrogens is 501 g/mol. The van der Waals surface area contributed by atoms with Gasteiger partial charge in [-0.2, -0.15) is 0 Å². The molecule has 0 heterocycles. The van der Waals surface area contributed by atoms with Gasteiger partial charge in [0.05, 0.1) is 0 Å². The molecule has 2 N–H and O–H groups in total. The number of hydrogen-bond acceptors (Lipinski definition) is 4. The number of hydrogen-bond donors (Lipinski definition) is 2. The Kier molecular flexibility index (Phi) is 6.76. The minimum atomic E-state index is -1.03. The molecule has 0 bridgehead atoms. The number of carboxylic acid groups (broad SMARTS) is 1. The normalized spacial score (nSPS) is 18.7. The van der Waals surface area contributed by atoms with E-state index in [-0.39, 0.29) is 5.92 Å². The first kappa shape index (κ1) is 23.8. The van der Waals surface area contributed by atoms with Crippen LogP contribution in [0.2, 0.25) is 10.0 Å².